The first-order chi connectivity index (χ1) is 7.59. The van der Waals surface area contributed by atoms with Gasteiger partial charge in [-0.25, -0.2) is 4.39 Å². The van der Waals surface area contributed by atoms with Gasteiger partial charge < -0.3 is 0 Å². The highest BCUT2D eigenvalue weighted by Crippen LogP contribution is 2.37. The zero-order chi connectivity index (χ0) is 11.7. The third-order valence-corrected chi connectivity index (χ3v) is 4.91. The molecule has 0 aliphatic rings. The van der Waals surface area contributed by atoms with E-state index in [-0.39, 0.29) is 15.7 Å². The van der Waals surface area contributed by atoms with Crippen LogP contribution >= 0.6 is 38.9 Å². The smallest absolute Gasteiger partial charge is 0.146 e. The van der Waals surface area contributed by atoms with E-state index in [0.29, 0.717) is 5.56 Å². The summed E-state index contributed by atoms with van der Waals surface area (Å²) in [4.78, 5) is 2.16. The van der Waals surface area contributed by atoms with E-state index in [1.807, 2.05) is 19.1 Å². The van der Waals surface area contributed by atoms with Crippen molar-refractivity contribution in [2.75, 3.05) is 0 Å². The molecule has 0 spiro atoms. The standard InChI is InChI=1S/C12H9BrClFS/c1-7-5-6-10(16-7)11(13)8-3-2-4-9(14)12(8)15/h2-6,11H,1H3. The molecule has 0 nitrogen and oxygen atoms in total. The average Bonchev–Trinajstić information content (AvgIpc) is 2.68. The highest BCUT2D eigenvalue weighted by molar-refractivity contribution is 9.09. The van der Waals surface area contributed by atoms with Crippen molar-refractivity contribution in [3.63, 3.8) is 0 Å². The minimum Gasteiger partial charge on any atom is -0.205 e. The van der Waals surface area contributed by atoms with E-state index < -0.39 is 0 Å². The lowest BCUT2D eigenvalue weighted by atomic mass is 10.1. The number of rotatable bonds is 2. The van der Waals surface area contributed by atoms with Crippen LogP contribution in [-0.4, -0.2) is 0 Å². The highest BCUT2D eigenvalue weighted by Gasteiger charge is 2.17. The Morgan fingerprint density at radius 1 is 1.31 bits per heavy atom. The predicted molar refractivity (Wildman–Crippen MR) is 71.2 cm³/mol. The second-order valence-corrected chi connectivity index (χ2v) is 6.10. The molecule has 1 atom stereocenters. The van der Waals surface area contributed by atoms with E-state index in [9.17, 15) is 4.39 Å². The molecule has 0 aliphatic heterocycles. The van der Waals surface area contributed by atoms with Crippen LogP contribution in [0.15, 0.2) is 30.3 Å². The van der Waals surface area contributed by atoms with E-state index in [1.165, 1.54) is 4.88 Å². The van der Waals surface area contributed by atoms with Crippen molar-refractivity contribution in [1.29, 1.82) is 0 Å². The molecule has 0 aliphatic carbocycles. The lowest BCUT2D eigenvalue weighted by molar-refractivity contribution is 0.614. The van der Waals surface area contributed by atoms with Gasteiger partial charge in [0.2, 0.25) is 0 Å². The van der Waals surface area contributed by atoms with Gasteiger partial charge in [-0.15, -0.1) is 11.3 Å². The summed E-state index contributed by atoms with van der Waals surface area (Å²) in [5.41, 5.74) is 0.578. The summed E-state index contributed by atoms with van der Waals surface area (Å²) >= 11 is 10.9. The molecule has 2 aromatic rings. The second-order valence-electron chi connectivity index (χ2n) is 3.45. The maximum Gasteiger partial charge on any atom is 0.146 e. The van der Waals surface area contributed by atoms with Gasteiger partial charge in [-0.2, -0.15) is 0 Å². The molecule has 0 amide bonds. The first kappa shape index (κ1) is 12.1. The number of hydrogen-bond acceptors (Lipinski definition) is 1. The summed E-state index contributed by atoms with van der Waals surface area (Å²) in [5, 5.41) is 0.162. The first-order valence-corrected chi connectivity index (χ1v) is 6.85. The third kappa shape index (κ3) is 2.31. The maximum atomic E-state index is 13.8. The van der Waals surface area contributed by atoms with Crippen molar-refractivity contribution in [3.05, 3.63) is 56.5 Å². The largest absolute Gasteiger partial charge is 0.205 e. The first-order valence-electron chi connectivity index (χ1n) is 4.74. The molecular formula is C12H9BrClFS. The SMILES string of the molecule is Cc1ccc(C(Br)c2cccc(Cl)c2F)s1. The van der Waals surface area contributed by atoms with Gasteiger partial charge in [0.15, 0.2) is 0 Å². The monoisotopic (exact) mass is 318 g/mol. The number of benzene rings is 1. The number of thiophene rings is 1. The fraction of sp³-hybridized carbons (Fsp3) is 0.167. The molecule has 0 bridgehead atoms. The quantitative estimate of drug-likeness (QED) is 0.656. The Morgan fingerprint density at radius 2 is 2.06 bits per heavy atom. The predicted octanol–water partition coefficient (Wildman–Crippen LogP) is 5.33. The van der Waals surface area contributed by atoms with Gasteiger partial charge in [0, 0.05) is 15.3 Å². The van der Waals surface area contributed by atoms with Crippen LogP contribution in [0.2, 0.25) is 5.02 Å². The van der Waals surface area contributed by atoms with Crippen molar-refractivity contribution >= 4 is 38.9 Å². The van der Waals surface area contributed by atoms with Crippen LogP contribution in [0.3, 0.4) is 0 Å². The highest BCUT2D eigenvalue weighted by atomic mass is 79.9. The van der Waals surface area contributed by atoms with E-state index in [1.54, 1.807) is 29.5 Å². The number of alkyl halides is 1. The fourth-order valence-electron chi connectivity index (χ4n) is 1.46. The topological polar surface area (TPSA) is 0 Å². The zero-order valence-electron chi connectivity index (χ0n) is 8.51. The van der Waals surface area contributed by atoms with Crippen molar-refractivity contribution in [2.24, 2.45) is 0 Å². The van der Waals surface area contributed by atoms with Gasteiger partial charge in [-0.05, 0) is 25.1 Å². The molecule has 16 heavy (non-hydrogen) atoms. The molecule has 0 saturated carbocycles. The van der Waals surface area contributed by atoms with Crippen LogP contribution in [0.25, 0.3) is 0 Å². The maximum absolute atomic E-state index is 13.8. The zero-order valence-corrected chi connectivity index (χ0v) is 11.7. The Hall–Kier alpha value is -0.380. The Labute approximate surface area is 111 Å². The summed E-state index contributed by atoms with van der Waals surface area (Å²) in [7, 11) is 0. The third-order valence-electron chi connectivity index (χ3n) is 2.27. The summed E-state index contributed by atoms with van der Waals surface area (Å²) in [6.07, 6.45) is 0. The molecule has 4 heteroatoms. The molecule has 1 aromatic heterocycles. The van der Waals surface area contributed by atoms with Crippen LogP contribution in [-0.2, 0) is 0 Å². The number of halogens is 3. The van der Waals surface area contributed by atoms with Crippen molar-refractivity contribution in [3.8, 4) is 0 Å². The van der Waals surface area contributed by atoms with Crippen molar-refractivity contribution in [2.45, 2.75) is 11.8 Å². The minimum atomic E-state index is -0.350. The van der Waals surface area contributed by atoms with Gasteiger partial charge in [-0.1, -0.05) is 39.7 Å². The Morgan fingerprint density at radius 3 is 2.69 bits per heavy atom. The van der Waals surface area contributed by atoms with E-state index in [4.69, 9.17) is 11.6 Å². The molecular weight excluding hydrogens is 311 g/mol. The molecule has 1 heterocycles. The summed E-state index contributed by atoms with van der Waals surface area (Å²) in [6, 6.07) is 9.08. The Balaban J connectivity index is 2.41. The summed E-state index contributed by atoms with van der Waals surface area (Å²) in [6.45, 7) is 2.03. The van der Waals surface area contributed by atoms with Crippen molar-refractivity contribution in [1.82, 2.24) is 0 Å². The second kappa shape index (κ2) is 4.86. The van der Waals surface area contributed by atoms with Crippen LogP contribution in [0.4, 0.5) is 4.39 Å². The van der Waals surface area contributed by atoms with Gasteiger partial charge in [0.05, 0.1) is 9.85 Å². The van der Waals surface area contributed by atoms with Crippen LogP contribution in [0, 0.1) is 12.7 Å². The van der Waals surface area contributed by atoms with Gasteiger partial charge in [-0.3, -0.25) is 0 Å². The molecule has 1 unspecified atom stereocenters. The molecule has 2 rings (SSSR count). The van der Waals surface area contributed by atoms with Gasteiger partial charge in [0.1, 0.15) is 5.82 Å². The summed E-state index contributed by atoms with van der Waals surface area (Å²) < 4.78 is 13.8. The molecule has 0 saturated heterocycles. The molecule has 0 fully saturated rings. The molecule has 1 aromatic carbocycles. The van der Waals surface area contributed by atoms with Crippen LogP contribution < -0.4 is 0 Å². The lowest BCUT2D eigenvalue weighted by Gasteiger charge is -2.09. The average molecular weight is 320 g/mol. The normalized spacial score (nSPS) is 12.8. The summed E-state index contributed by atoms with van der Waals surface area (Å²) in [5.74, 6) is -0.350. The fourth-order valence-corrected chi connectivity index (χ4v) is 3.30. The Kier molecular flexibility index (Phi) is 3.67. The van der Waals surface area contributed by atoms with E-state index in [2.05, 4.69) is 15.9 Å². The van der Waals surface area contributed by atoms with Crippen LogP contribution in [0.1, 0.15) is 20.1 Å². The molecule has 0 N–H and O–H groups in total. The van der Waals surface area contributed by atoms with Gasteiger partial charge in [0.25, 0.3) is 0 Å². The number of aryl methyl sites for hydroxylation is 1. The van der Waals surface area contributed by atoms with Crippen molar-refractivity contribution < 1.29 is 4.39 Å². The number of hydrogen-bond donors (Lipinski definition) is 0. The van der Waals surface area contributed by atoms with Crippen LogP contribution in [0.5, 0.6) is 0 Å². The van der Waals surface area contributed by atoms with Gasteiger partial charge >= 0.3 is 0 Å². The van der Waals surface area contributed by atoms with E-state index in [0.717, 1.165) is 4.88 Å². The molecule has 84 valence electrons. The lowest BCUT2D eigenvalue weighted by Crippen LogP contribution is -1.94. The Bertz CT molecular complexity index is 509. The minimum absolute atomic E-state index is 0.134. The molecule has 0 radical (unpaired) electrons. The van der Waals surface area contributed by atoms with E-state index >= 15 is 0 Å².